The van der Waals surface area contributed by atoms with Crippen LogP contribution in [0.5, 0.6) is 0 Å². The predicted molar refractivity (Wildman–Crippen MR) is 102 cm³/mol. The van der Waals surface area contributed by atoms with Gasteiger partial charge in [-0.25, -0.2) is 18.3 Å². The minimum absolute atomic E-state index is 0.0245. The quantitative estimate of drug-likeness (QED) is 0.123. The Bertz CT molecular complexity index is 1260. The Kier molecular flexibility index (Phi) is 7.03. The molecule has 0 spiro atoms. The third-order valence-electron chi connectivity index (χ3n) is 4.22. The molecule has 0 radical (unpaired) electrons. The van der Waals surface area contributed by atoms with Gasteiger partial charge in [-0.05, 0) is 0 Å². The lowest BCUT2D eigenvalue weighted by atomic mass is 10.1. The van der Waals surface area contributed by atoms with E-state index in [9.17, 15) is 33.6 Å². The molecule has 0 aliphatic carbocycles. The average Bonchev–Trinajstić information content (AvgIpc) is 3.07. The van der Waals surface area contributed by atoms with Crippen LogP contribution in [0.15, 0.2) is 11.1 Å². The Balaban J connectivity index is 1.76. The molecule has 0 aromatic carbocycles. The highest BCUT2D eigenvalue weighted by Crippen LogP contribution is 2.66. The summed E-state index contributed by atoms with van der Waals surface area (Å²) in [5, 5.41) is 20.6. The number of phosphoric acid groups is 3. The van der Waals surface area contributed by atoms with E-state index in [4.69, 9.17) is 25.2 Å². The van der Waals surface area contributed by atoms with Crippen LogP contribution in [0.2, 0.25) is 0 Å². The summed E-state index contributed by atoms with van der Waals surface area (Å²) in [5.74, 6) is -0.246. The van der Waals surface area contributed by atoms with Crippen LogP contribution in [0.4, 0.5) is 5.95 Å². The first-order valence-electron chi connectivity index (χ1n) is 8.55. The number of aromatic amines is 1. The molecular weight excluding hydrogens is 519 g/mol. The second-order valence-electron chi connectivity index (χ2n) is 6.69. The maximum atomic E-state index is 12.1. The van der Waals surface area contributed by atoms with Gasteiger partial charge < -0.3 is 40.3 Å². The summed E-state index contributed by atoms with van der Waals surface area (Å²) < 4.78 is 53.3. The summed E-state index contributed by atoms with van der Waals surface area (Å²) in [7, 11) is -15.3. The van der Waals surface area contributed by atoms with Gasteiger partial charge in [0.1, 0.15) is 18.3 Å². The van der Waals surface area contributed by atoms with Crippen molar-refractivity contribution in [2.45, 2.75) is 24.5 Å². The van der Waals surface area contributed by atoms with E-state index >= 15 is 0 Å². The molecule has 1 aliphatic heterocycles. The molecule has 6 atom stereocenters. The van der Waals surface area contributed by atoms with Crippen LogP contribution in [0, 0.1) is 0 Å². The lowest BCUT2D eigenvalue weighted by Crippen LogP contribution is -2.46. The van der Waals surface area contributed by atoms with Gasteiger partial charge in [0, 0.05) is 0 Å². The Morgan fingerprint density at radius 2 is 1.82 bits per heavy atom. The van der Waals surface area contributed by atoms with Gasteiger partial charge in [0.05, 0.1) is 13.7 Å². The molecule has 3 heterocycles. The van der Waals surface area contributed by atoms with Crippen LogP contribution < -0.4 is 15.9 Å². The van der Waals surface area contributed by atoms with Gasteiger partial charge in [0.15, 0.2) is 6.33 Å². The molecule has 1 aliphatic rings. The number of hydrogen-bond acceptors (Lipinski definition) is 12. The van der Waals surface area contributed by atoms with Crippen LogP contribution in [0.25, 0.3) is 11.2 Å². The molecule has 2 aromatic heterocycles. The molecule has 0 bridgehead atoms. The number of hydrogen-bond donors (Lipinski definition) is 8. The van der Waals surface area contributed by atoms with Crippen LogP contribution in [-0.4, -0.2) is 69.2 Å². The molecule has 33 heavy (non-hydrogen) atoms. The van der Waals surface area contributed by atoms with Gasteiger partial charge in [0.2, 0.25) is 11.7 Å². The first-order valence-corrected chi connectivity index (χ1v) is 13.1. The van der Waals surface area contributed by atoms with Gasteiger partial charge in [-0.2, -0.15) is 8.62 Å². The molecular formula is C11H19N5O14P3+. The maximum absolute atomic E-state index is 12.1. The number of nitrogens with zero attached hydrogens (tertiary/aromatic N) is 3. The number of nitrogens with one attached hydrogen (secondary N) is 1. The number of imidazole rings is 1. The van der Waals surface area contributed by atoms with Gasteiger partial charge in [-0.3, -0.25) is 18.9 Å². The molecule has 1 fully saturated rings. The summed E-state index contributed by atoms with van der Waals surface area (Å²) in [6.07, 6.45) is -5.00. The first kappa shape index (κ1) is 26.1. The third kappa shape index (κ3) is 5.93. The van der Waals surface area contributed by atoms with Crippen molar-refractivity contribution < 1.29 is 65.9 Å². The maximum Gasteiger partial charge on any atom is 0.490 e. The fourth-order valence-electron chi connectivity index (χ4n) is 3.02. The molecule has 9 N–H and O–H groups in total. The number of rotatable bonds is 8. The number of nitrogen functional groups attached to an aromatic ring is 1. The Labute approximate surface area is 182 Å². The van der Waals surface area contributed by atoms with E-state index in [0.717, 1.165) is 0 Å². The lowest BCUT2D eigenvalue weighted by Gasteiger charge is -2.18. The SMILES string of the molecule is Cn1c[n+]([C@@H]2O[C@H](COP(=O)(O)OP(=O)(O)OP(=O)(O)O)C(O)[C@@H]2O)c2nc(N)[nH]c(=O)c21. The number of aliphatic hydroxyl groups is 2. The standard InChI is InChI=1S/C11H18N5O14P3/c1-15-3-16(8-5(15)9(19)14-11(12)13-8)10-7(18)6(17)4(28-10)2-27-32(23,24)30-33(25,26)29-31(20,21)22/h3-4,6-7,10,17-18H,2H2,1H3,(H6-,12,13,14,19,20,21,22,23,24,25,26)/p+1/t4-,6?,7+,10-/m1/s1. The predicted octanol–water partition coefficient (Wildman–Crippen LogP) is -2.91. The number of aromatic nitrogens is 4. The molecule has 186 valence electrons. The normalized spacial score (nSPS) is 27.5. The fraction of sp³-hybridized carbons (Fsp3) is 0.545. The van der Waals surface area contributed by atoms with Crippen molar-refractivity contribution in [2.75, 3.05) is 12.3 Å². The zero-order chi connectivity index (χ0) is 24.9. The molecule has 2 aromatic rings. The second kappa shape index (κ2) is 8.90. The smallest absolute Gasteiger partial charge is 0.387 e. The highest BCUT2D eigenvalue weighted by molar-refractivity contribution is 7.66. The number of fused-ring (bicyclic) bond motifs is 1. The van der Waals surface area contributed by atoms with Gasteiger partial charge >= 0.3 is 29.1 Å². The minimum Gasteiger partial charge on any atom is -0.387 e. The highest BCUT2D eigenvalue weighted by Gasteiger charge is 2.48. The summed E-state index contributed by atoms with van der Waals surface area (Å²) in [6, 6.07) is 0. The summed E-state index contributed by atoms with van der Waals surface area (Å²) in [5.41, 5.74) is 4.96. The van der Waals surface area contributed by atoms with Crippen LogP contribution in [0.3, 0.4) is 0 Å². The molecule has 3 unspecified atom stereocenters. The number of ether oxygens (including phenoxy) is 1. The number of aryl methyl sites for hydroxylation is 1. The van der Waals surface area contributed by atoms with Crippen LogP contribution in [-0.2, 0) is 38.6 Å². The first-order chi connectivity index (χ1) is 15.0. The third-order valence-corrected chi connectivity index (χ3v) is 8.02. The minimum atomic E-state index is -5.73. The van der Waals surface area contributed by atoms with E-state index in [1.54, 1.807) is 0 Å². The molecule has 22 heteroatoms. The summed E-state index contributed by atoms with van der Waals surface area (Å²) in [4.78, 5) is 54.1. The van der Waals surface area contributed by atoms with E-state index in [0.29, 0.717) is 0 Å². The average molecular weight is 538 g/mol. The Hall–Kier alpha value is -1.56. The van der Waals surface area contributed by atoms with Crippen LogP contribution >= 0.6 is 23.5 Å². The number of anilines is 1. The van der Waals surface area contributed by atoms with Crippen molar-refractivity contribution in [1.82, 2.24) is 14.5 Å². The van der Waals surface area contributed by atoms with E-state index in [1.165, 1.54) is 22.5 Å². The van der Waals surface area contributed by atoms with Crippen molar-refractivity contribution in [3.8, 4) is 0 Å². The van der Waals surface area contributed by atoms with Gasteiger partial charge in [-0.15, -0.1) is 0 Å². The fourth-order valence-corrected chi connectivity index (χ4v) is 6.05. The Morgan fingerprint density at radius 3 is 2.42 bits per heavy atom. The second-order valence-corrected chi connectivity index (χ2v) is 11.1. The largest absolute Gasteiger partial charge is 0.490 e. The van der Waals surface area contributed by atoms with E-state index in [-0.39, 0.29) is 17.1 Å². The van der Waals surface area contributed by atoms with Crippen molar-refractivity contribution >= 4 is 40.6 Å². The summed E-state index contributed by atoms with van der Waals surface area (Å²) >= 11 is 0. The number of nitrogens with two attached hydrogens (primary N) is 1. The monoisotopic (exact) mass is 538 g/mol. The zero-order valence-electron chi connectivity index (χ0n) is 16.3. The van der Waals surface area contributed by atoms with Crippen LogP contribution in [0.1, 0.15) is 6.23 Å². The summed E-state index contributed by atoms with van der Waals surface area (Å²) in [6.45, 7) is -1.00. The van der Waals surface area contributed by atoms with E-state index in [2.05, 4.69) is 23.1 Å². The van der Waals surface area contributed by atoms with Gasteiger partial charge in [0.25, 0.3) is 11.5 Å². The van der Waals surface area contributed by atoms with Crippen molar-refractivity contribution in [3.05, 3.63) is 16.7 Å². The topological polar surface area (TPSA) is 290 Å². The molecule has 3 rings (SSSR count). The van der Waals surface area contributed by atoms with E-state index < -0.39 is 60.2 Å². The molecule has 19 nitrogen and oxygen atoms in total. The number of H-pyrrole nitrogens is 1. The molecule has 0 amide bonds. The van der Waals surface area contributed by atoms with Crippen molar-refractivity contribution in [3.63, 3.8) is 0 Å². The Morgan fingerprint density at radius 1 is 1.18 bits per heavy atom. The van der Waals surface area contributed by atoms with Crippen molar-refractivity contribution in [1.29, 1.82) is 0 Å². The molecule has 0 saturated carbocycles. The molecule has 1 saturated heterocycles. The highest BCUT2D eigenvalue weighted by atomic mass is 31.3. The van der Waals surface area contributed by atoms with Crippen molar-refractivity contribution in [2.24, 2.45) is 7.05 Å². The zero-order valence-corrected chi connectivity index (χ0v) is 19.0. The van der Waals surface area contributed by atoms with Gasteiger partial charge in [-0.1, -0.05) is 4.98 Å². The lowest BCUT2D eigenvalue weighted by molar-refractivity contribution is -0.745. The number of aliphatic hydroxyl groups excluding tert-OH is 2. The number of phosphoric ester groups is 1. The van der Waals surface area contributed by atoms with E-state index in [1.807, 2.05) is 0 Å².